The van der Waals surface area contributed by atoms with E-state index in [1.807, 2.05) is 9.80 Å². The second-order valence-corrected chi connectivity index (χ2v) is 17.0. The zero-order valence-corrected chi connectivity index (χ0v) is 34.3. The lowest BCUT2D eigenvalue weighted by molar-refractivity contribution is -0.139. The second kappa shape index (κ2) is 24.2. The number of carbonyl (C=O) groups is 2. The van der Waals surface area contributed by atoms with Gasteiger partial charge in [-0.15, -0.1) is 0 Å². The molecule has 0 aromatic rings. The van der Waals surface area contributed by atoms with Crippen LogP contribution in [0.3, 0.4) is 0 Å². The largest absolute Gasteiger partial charge is 0.379 e. The van der Waals surface area contributed by atoms with E-state index in [9.17, 15) is 9.59 Å². The zero-order chi connectivity index (χ0) is 37.2. The van der Waals surface area contributed by atoms with Crippen LogP contribution in [-0.2, 0) is 23.8 Å². The summed E-state index contributed by atoms with van der Waals surface area (Å²) in [5, 5.41) is 0. The average molecular weight is 722 g/mol. The summed E-state index contributed by atoms with van der Waals surface area (Å²) in [6.45, 7) is 33.0. The Labute approximate surface area is 313 Å². The molecule has 0 aliphatic carbocycles. The van der Waals surface area contributed by atoms with Crippen molar-refractivity contribution >= 4 is 11.8 Å². The molecule has 0 radical (unpaired) electrons. The average Bonchev–Trinajstić information content (AvgIpc) is 3.13. The van der Waals surface area contributed by atoms with Gasteiger partial charge in [0.15, 0.2) is 0 Å². The Kier molecular flexibility index (Phi) is 20.9. The third-order valence-electron chi connectivity index (χ3n) is 12.1. The van der Waals surface area contributed by atoms with E-state index in [-0.39, 0.29) is 25.0 Å². The highest BCUT2D eigenvalue weighted by molar-refractivity contribution is 5.77. The number of ether oxygens (including phenoxy) is 3. The first-order chi connectivity index (χ1) is 24.4. The van der Waals surface area contributed by atoms with Crippen molar-refractivity contribution in [1.29, 1.82) is 0 Å². The first-order valence-corrected chi connectivity index (χ1v) is 20.9. The van der Waals surface area contributed by atoms with Gasteiger partial charge in [-0.05, 0) is 115 Å². The minimum atomic E-state index is 0.128. The molecule has 51 heavy (non-hydrogen) atoms. The number of hydrogen-bond acceptors (Lipinski definition) is 8. The maximum absolute atomic E-state index is 12.3. The number of likely N-dealkylation sites (tertiary alicyclic amines) is 3. The lowest BCUT2D eigenvalue weighted by atomic mass is 9.87. The standard InChI is InChI=1S/C22H43N3O3.C19H36N2O2/c1-19(2)21-6-9-25(10-7-21)22(26)18-28-17-16-27-15-5-8-23-11-13-24(14-12-23)20(3)4;1-15(2)18-7-11-21(12-8-18)19(22)14-23-13-17-5-9-20(10-6-17)16(3)4/h19-21H,5-18H2,1-4H3;15-18H,5-14H2,1-4H3. The predicted octanol–water partition coefficient (Wildman–Crippen LogP) is 5.35. The highest BCUT2D eigenvalue weighted by Gasteiger charge is 2.26. The van der Waals surface area contributed by atoms with Crippen LogP contribution in [0.1, 0.15) is 100 Å². The quantitative estimate of drug-likeness (QED) is 0.186. The molecule has 10 heteroatoms. The fourth-order valence-electron chi connectivity index (χ4n) is 8.04. The number of rotatable bonds is 17. The molecule has 2 amide bonds. The number of piperazine rings is 1. The molecule has 4 aliphatic heterocycles. The molecule has 10 nitrogen and oxygen atoms in total. The van der Waals surface area contributed by atoms with Crippen LogP contribution in [0.4, 0.5) is 0 Å². The van der Waals surface area contributed by atoms with E-state index in [0.29, 0.717) is 31.2 Å². The summed E-state index contributed by atoms with van der Waals surface area (Å²) in [6.07, 6.45) is 8.01. The van der Waals surface area contributed by atoms with Gasteiger partial charge in [-0.2, -0.15) is 0 Å². The van der Waals surface area contributed by atoms with Crippen molar-refractivity contribution in [2.24, 2.45) is 29.6 Å². The minimum absolute atomic E-state index is 0.128. The highest BCUT2D eigenvalue weighted by atomic mass is 16.5. The fourth-order valence-corrected chi connectivity index (χ4v) is 8.04. The van der Waals surface area contributed by atoms with Crippen LogP contribution in [0.15, 0.2) is 0 Å². The van der Waals surface area contributed by atoms with Gasteiger partial charge in [-0.25, -0.2) is 0 Å². The molecule has 4 saturated heterocycles. The summed E-state index contributed by atoms with van der Waals surface area (Å²) in [5.41, 5.74) is 0. The summed E-state index contributed by atoms with van der Waals surface area (Å²) in [4.78, 5) is 36.0. The number of nitrogens with zero attached hydrogens (tertiary/aromatic N) is 5. The van der Waals surface area contributed by atoms with Gasteiger partial charge < -0.3 is 33.8 Å². The van der Waals surface area contributed by atoms with Crippen LogP contribution in [0.2, 0.25) is 0 Å². The number of amides is 2. The van der Waals surface area contributed by atoms with Crippen molar-refractivity contribution in [1.82, 2.24) is 24.5 Å². The molecule has 0 aromatic heterocycles. The monoisotopic (exact) mass is 722 g/mol. The molecule has 4 heterocycles. The van der Waals surface area contributed by atoms with Gasteiger partial charge in [0.05, 0.1) is 19.8 Å². The second-order valence-electron chi connectivity index (χ2n) is 17.0. The summed E-state index contributed by atoms with van der Waals surface area (Å²) in [5.74, 6) is 3.94. The van der Waals surface area contributed by atoms with Gasteiger partial charge in [0.2, 0.25) is 11.8 Å². The summed E-state index contributed by atoms with van der Waals surface area (Å²) < 4.78 is 16.9. The Morgan fingerprint density at radius 3 is 1.45 bits per heavy atom. The molecule has 0 unspecified atom stereocenters. The molecule has 0 saturated carbocycles. The topological polar surface area (TPSA) is 78.0 Å². The number of piperidine rings is 3. The SMILES string of the molecule is CC(C)C1CCN(C(=O)COCC2CCN(C(C)C)CC2)CC1.CC(C)C1CCN(C(=O)COCCOCCCN2CCN(C(C)C)CC2)CC1. The van der Waals surface area contributed by atoms with Crippen molar-refractivity contribution in [3.8, 4) is 0 Å². The van der Waals surface area contributed by atoms with E-state index in [0.717, 1.165) is 115 Å². The first-order valence-electron chi connectivity index (χ1n) is 20.9. The van der Waals surface area contributed by atoms with Gasteiger partial charge in [0.1, 0.15) is 13.2 Å². The summed E-state index contributed by atoms with van der Waals surface area (Å²) in [7, 11) is 0. The first kappa shape index (κ1) is 44.1. The smallest absolute Gasteiger partial charge is 0.248 e. The molecule has 0 spiro atoms. The van der Waals surface area contributed by atoms with E-state index >= 15 is 0 Å². The molecule has 4 aliphatic rings. The maximum Gasteiger partial charge on any atom is 0.248 e. The Morgan fingerprint density at radius 1 is 0.529 bits per heavy atom. The van der Waals surface area contributed by atoms with Crippen LogP contribution in [0.25, 0.3) is 0 Å². The lowest BCUT2D eigenvalue weighted by Crippen LogP contribution is -2.49. The van der Waals surface area contributed by atoms with Gasteiger partial charge in [-0.1, -0.05) is 27.7 Å². The van der Waals surface area contributed by atoms with Gasteiger partial charge in [-0.3, -0.25) is 14.5 Å². The van der Waals surface area contributed by atoms with E-state index in [1.54, 1.807) is 0 Å². The number of carbonyl (C=O) groups excluding carboxylic acids is 2. The van der Waals surface area contributed by atoms with Gasteiger partial charge in [0, 0.05) is 77.6 Å². The summed E-state index contributed by atoms with van der Waals surface area (Å²) in [6, 6.07) is 1.30. The maximum atomic E-state index is 12.3. The van der Waals surface area contributed by atoms with Crippen LogP contribution in [0.5, 0.6) is 0 Å². The minimum Gasteiger partial charge on any atom is -0.379 e. The van der Waals surface area contributed by atoms with Gasteiger partial charge >= 0.3 is 0 Å². The van der Waals surface area contributed by atoms with E-state index in [2.05, 4.69) is 70.1 Å². The predicted molar refractivity (Wildman–Crippen MR) is 208 cm³/mol. The van der Waals surface area contributed by atoms with E-state index in [4.69, 9.17) is 14.2 Å². The molecular formula is C41H79N5O5. The molecule has 0 atom stereocenters. The van der Waals surface area contributed by atoms with Crippen LogP contribution < -0.4 is 0 Å². The Bertz CT molecular complexity index is 933. The zero-order valence-electron chi connectivity index (χ0n) is 34.3. The Morgan fingerprint density at radius 2 is 0.980 bits per heavy atom. The van der Waals surface area contributed by atoms with Crippen molar-refractivity contribution in [2.45, 2.75) is 112 Å². The third-order valence-corrected chi connectivity index (χ3v) is 12.1. The van der Waals surface area contributed by atoms with E-state index in [1.165, 1.54) is 39.0 Å². The molecular weight excluding hydrogens is 642 g/mol. The molecule has 0 bridgehead atoms. The fraction of sp³-hybridized carbons (Fsp3) is 0.951. The molecule has 4 fully saturated rings. The van der Waals surface area contributed by atoms with Crippen molar-refractivity contribution < 1.29 is 23.8 Å². The Hall–Kier alpha value is -1.30. The molecule has 298 valence electrons. The van der Waals surface area contributed by atoms with Crippen molar-refractivity contribution in [3.63, 3.8) is 0 Å². The third kappa shape index (κ3) is 16.7. The normalized spacial score (nSPS) is 21.3. The molecule has 0 aromatic carbocycles. The van der Waals surface area contributed by atoms with Crippen LogP contribution in [-0.4, -0.2) is 160 Å². The molecule has 0 N–H and O–H groups in total. The molecule has 4 rings (SSSR count). The van der Waals surface area contributed by atoms with Crippen molar-refractivity contribution in [3.05, 3.63) is 0 Å². The van der Waals surface area contributed by atoms with Crippen LogP contribution >= 0.6 is 0 Å². The summed E-state index contributed by atoms with van der Waals surface area (Å²) >= 11 is 0. The number of hydrogen-bond donors (Lipinski definition) is 0. The van der Waals surface area contributed by atoms with E-state index < -0.39 is 0 Å². The highest BCUT2D eigenvalue weighted by Crippen LogP contribution is 2.25. The lowest BCUT2D eigenvalue weighted by Gasteiger charge is -2.36. The van der Waals surface area contributed by atoms with Crippen LogP contribution in [0, 0.1) is 29.6 Å². The Balaban J connectivity index is 0.000000281. The van der Waals surface area contributed by atoms with Gasteiger partial charge in [0.25, 0.3) is 0 Å². The van der Waals surface area contributed by atoms with Crippen molar-refractivity contribution in [2.75, 3.05) is 112 Å².